The SMILES string of the molecule is Nc1n[nH]c(-c2ccccc2)c1C1=CCCCC1. The Kier molecular flexibility index (Phi) is 2.89. The van der Waals surface area contributed by atoms with Crippen molar-refractivity contribution in [2.75, 3.05) is 5.73 Å². The molecule has 1 aliphatic rings. The fourth-order valence-corrected chi connectivity index (χ4v) is 2.56. The van der Waals surface area contributed by atoms with Gasteiger partial charge in [0, 0.05) is 11.1 Å². The van der Waals surface area contributed by atoms with E-state index in [1.54, 1.807) is 0 Å². The summed E-state index contributed by atoms with van der Waals surface area (Å²) in [4.78, 5) is 0. The average Bonchev–Trinajstić information content (AvgIpc) is 2.83. The van der Waals surface area contributed by atoms with Crippen LogP contribution < -0.4 is 5.73 Å². The van der Waals surface area contributed by atoms with Gasteiger partial charge in [0.15, 0.2) is 5.82 Å². The first-order valence-electron chi connectivity index (χ1n) is 6.45. The van der Waals surface area contributed by atoms with Crippen LogP contribution >= 0.6 is 0 Å². The highest BCUT2D eigenvalue weighted by Gasteiger charge is 2.17. The van der Waals surface area contributed by atoms with Gasteiger partial charge in [-0.2, -0.15) is 5.10 Å². The lowest BCUT2D eigenvalue weighted by atomic mass is 9.92. The summed E-state index contributed by atoms with van der Waals surface area (Å²) in [6.45, 7) is 0. The number of hydrogen-bond acceptors (Lipinski definition) is 2. The van der Waals surface area contributed by atoms with Gasteiger partial charge in [0.1, 0.15) is 0 Å². The Morgan fingerprint density at radius 2 is 1.94 bits per heavy atom. The van der Waals surface area contributed by atoms with Gasteiger partial charge in [-0.1, -0.05) is 36.4 Å². The number of rotatable bonds is 2. The molecule has 1 aromatic carbocycles. The molecule has 0 unspecified atom stereocenters. The topological polar surface area (TPSA) is 54.7 Å². The van der Waals surface area contributed by atoms with E-state index in [-0.39, 0.29) is 0 Å². The van der Waals surface area contributed by atoms with E-state index in [4.69, 9.17) is 5.73 Å². The second-order valence-electron chi connectivity index (χ2n) is 4.70. The summed E-state index contributed by atoms with van der Waals surface area (Å²) >= 11 is 0. The third-order valence-electron chi connectivity index (χ3n) is 3.47. The average molecular weight is 239 g/mol. The first-order valence-corrected chi connectivity index (χ1v) is 6.45. The second kappa shape index (κ2) is 4.69. The first kappa shape index (κ1) is 11.1. The van der Waals surface area contributed by atoms with E-state index in [1.807, 2.05) is 18.2 Å². The molecule has 0 radical (unpaired) electrons. The molecule has 0 bridgehead atoms. The Morgan fingerprint density at radius 1 is 1.11 bits per heavy atom. The second-order valence-corrected chi connectivity index (χ2v) is 4.70. The summed E-state index contributed by atoms with van der Waals surface area (Å²) in [5.74, 6) is 0.613. The molecule has 1 aliphatic carbocycles. The number of hydrogen-bond donors (Lipinski definition) is 2. The van der Waals surface area contributed by atoms with Gasteiger partial charge in [-0.3, -0.25) is 5.10 Å². The fourth-order valence-electron chi connectivity index (χ4n) is 2.56. The van der Waals surface area contributed by atoms with Crippen LogP contribution in [-0.2, 0) is 0 Å². The van der Waals surface area contributed by atoms with E-state index >= 15 is 0 Å². The number of aromatic amines is 1. The van der Waals surface area contributed by atoms with Gasteiger partial charge >= 0.3 is 0 Å². The third kappa shape index (κ3) is 1.92. The summed E-state index contributed by atoms with van der Waals surface area (Å²) in [6.07, 6.45) is 7.07. The van der Waals surface area contributed by atoms with E-state index in [1.165, 1.54) is 18.4 Å². The smallest absolute Gasteiger partial charge is 0.153 e. The quantitative estimate of drug-likeness (QED) is 0.841. The number of anilines is 1. The van der Waals surface area contributed by atoms with Gasteiger partial charge < -0.3 is 5.73 Å². The molecular formula is C15H17N3. The van der Waals surface area contributed by atoms with E-state index in [0.717, 1.165) is 29.7 Å². The first-order chi connectivity index (χ1) is 8.86. The number of benzene rings is 1. The molecule has 3 heteroatoms. The zero-order valence-electron chi connectivity index (χ0n) is 10.3. The molecule has 2 aromatic rings. The predicted octanol–water partition coefficient (Wildman–Crippen LogP) is 3.62. The van der Waals surface area contributed by atoms with Crippen molar-refractivity contribution in [3.8, 4) is 11.3 Å². The highest BCUT2D eigenvalue weighted by Crippen LogP contribution is 2.36. The fraction of sp³-hybridized carbons (Fsp3) is 0.267. The number of aromatic nitrogens is 2. The summed E-state index contributed by atoms with van der Waals surface area (Å²) in [6, 6.07) is 10.2. The maximum Gasteiger partial charge on any atom is 0.153 e. The van der Waals surface area contributed by atoms with E-state index in [9.17, 15) is 0 Å². The maximum atomic E-state index is 6.03. The van der Waals surface area contributed by atoms with Crippen molar-refractivity contribution in [3.63, 3.8) is 0 Å². The molecule has 0 spiro atoms. The van der Waals surface area contributed by atoms with Crippen LogP contribution in [0.1, 0.15) is 31.2 Å². The lowest BCUT2D eigenvalue weighted by Crippen LogP contribution is -1.96. The van der Waals surface area contributed by atoms with Crippen molar-refractivity contribution in [1.29, 1.82) is 0 Å². The molecule has 18 heavy (non-hydrogen) atoms. The molecule has 3 N–H and O–H groups in total. The van der Waals surface area contributed by atoms with Crippen molar-refractivity contribution >= 4 is 11.4 Å². The van der Waals surface area contributed by atoms with Gasteiger partial charge in [0.25, 0.3) is 0 Å². The molecule has 0 saturated carbocycles. The molecule has 3 nitrogen and oxygen atoms in total. The number of nitrogens with zero attached hydrogens (tertiary/aromatic N) is 1. The molecule has 1 heterocycles. The standard InChI is InChI=1S/C15H17N3/c16-15-13(11-7-3-1-4-8-11)14(17-18-15)12-9-5-2-6-10-12/h2,5-7,9-10H,1,3-4,8H2,(H3,16,17,18). The van der Waals surface area contributed by atoms with Crippen molar-refractivity contribution in [2.24, 2.45) is 0 Å². The minimum Gasteiger partial charge on any atom is -0.382 e. The van der Waals surface area contributed by atoms with E-state index < -0.39 is 0 Å². The lowest BCUT2D eigenvalue weighted by Gasteiger charge is -2.13. The number of nitrogens with one attached hydrogen (secondary N) is 1. The number of nitrogen functional groups attached to an aromatic ring is 1. The van der Waals surface area contributed by atoms with Crippen molar-refractivity contribution in [2.45, 2.75) is 25.7 Å². The number of nitrogens with two attached hydrogens (primary N) is 1. The molecule has 0 amide bonds. The Labute approximate surface area is 107 Å². The molecule has 3 rings (SSSR count). The van der Waals surface area contributed by atoms with Gasteiger partial charge in [0.05, 0.1) is 5.69 Å². The summed E-state index contributed by atoms with van der Waals surface area (Å²) in [7, 11) is 0. The van der Waals surface area contributed by atoms with Gasteiger partial charge in [0.2, 0.25) is 0 Å². The predicted molar refractivity (Wildman–Crippen MR) is 74.9 cm³/mol. The maximum absolute atomic E-state index is 6.03. The molecule has 0 aliphatic heterocycles. The van der Waals surface area contributed by atoms with Crippen LogP contribution in [0.4, 0.5) is 5.82 Å². The van der Waals surface area contributed by atoms with Gasteiger partial charge in [-0.05, 0) is 31.3 Å². The van der Waals surface area contributed by atoms with E-state index in [2.05, 4.69) is 28.4 Å². The normalized spacial score (nSPS) is 15.4. The molecular weight excluding hydrogens is 222 g/mol. The van der Waals surface area contributed by atoms with Crippen molar-refractivity contribution < 1.29 is 0 Å². The Balaban J connectivity index is 2.09. The van der Waals surface area contributed by atoms with Crippen LogP contribution in [0.15, 0.2) is 36.4 Å². The Hall–Kier alpha value is -2.03. The van der Waals surface area contributed by atoms with Crippen LogP contribution in [0.3, 0.4) is 0 Å². The molecule has 0 saturated heterocycles. The number of allylic oxidation sites excluding steroid dienone is 2. The van der Waals surface area contributed by atoms with Gasteiger partial charge in [-0.15, -0.1) is 0 Å². The van der Waals surface area contributed by atoms with E-state index in [0.29, 0.717) is 5.82 Å². The zero-order chi connectivity index (χ0) is 12.4. The van der Waals surface area contributed by atoms with Crippen LogP contribution in [-0.4, -0.2) is 10.2 Å². The Bertz CT molecular complexity index is 567. The van der Waals surface area contributed by atoms with Crippen LogP contribution in [0, 0.1) is 0 Å². The highest BCUT2D eigenvalue weighted by atomic mass is 15.2. The molecule has 1 aromatic heterocycles. The van der Waals surface area contributed by atoms with Crippen molar-refractivity contribution in [1.82, 2.24) is 10.2 Å². The third-order valence-corrected chi connectivity index (χ3v) is 3.47. The van der Waals surface area contributed by atoms with Crippen LogP contribution in [0.2, 0.25) is 0 Å². The van der Waals surface area contributed by atoms with Crippen LogP contribution in [0.5, 0.6) is 0 Å². The highest BCUT2D eigenvalue weighted by molar-refractivity contribution is 5.85. The molecule has 0 fully saturated rings. The van der Waals surface area contributed by atoms with Gasteiger partial charge in [-0.25, -0.2) is 0 Å². The Morgan fingerprint density at radius 3 is 2.67 bits per heavy atom. The zero-order valence-corrected chi connectivity index (χ0v) is 10.3. The summed E-state index contributed by atoms with van der Waals surface area (Å²) in [5, 5.41) is 7.25. The molecule has 0 atom stereocenters. The monoisotopic (exact) mass is 239 g/mol. The number of H-pyrrole nitrogens is 1. The lowest BCUT2D eigenvalue weighted by molar-refractivity contribution is 0.742. The van der Waals surface area contributed by atoms with Crippen molar-refractivity contribution in [3.05, 3.63) is 42.0 Å². The summed E-state index contributed by atoms with van der Waals surface area (Å²) in [5.41, 5.74) is 10.6. The minimum atomic E-state index is 0.613. The van der Waals surface area contributed by atoms with Crippen LogP contribution in [0.25, 0.3) is 16.8 Å². The molecule has 92 valence electrons. The minimum absolute atomic E-state index is 0.613. The summed E-state index contributed by atoms with van der Waals surface area (Å²) < 4.78 is 0. The largest absolute Gasteiger partial charge is 0.382 e.